The van der Waals surface area contributed by atoms with E-state index in [1.807, 2.05) is 0 Å². The highest BCUT2D eigenvalue weighted by Crippen LogP contribution is 2.41. The summed E-state index contributed by atoms with van der Waals surface area (Å²) in [7, 11) is 0. The Morgan fingerprint density at radius 1 is 0.312 bits per heavy atom. The fourth-order valence-corrected chi connectivity index (χ4v) is 9.97. The van der Waals surface area contributed by atoms with Crippen molar-refractivity contribution in [1.29, 1.82) is 0 Å². The summed E-state index contributed by atoms with van der Waals surface area (Å²) in [5.41, 5.74) is 15.6. The van der Waals surface area contributed by atoms with E-state index in [4.69, 9.17) is 9.97 Å². The molecule has 0 aliphatic heterocycles. The lowest BCUT2D eigenvalue weighted by Crippen LogP contribution is -1.96. The highest BCUT2D eigenvalue weighted by atomic mass is 15.0. The molecule has 0 saturated heterocycles. The van der Waals surface area contributed by atoms with Crippen LogP contribution < -0.4 is 0 Å². The highest BCUT2D eigenvalue weighted by Gasteiger charge is 2.19. The first kappa shape index (κ1) is 36.1. The average Bonchev–Trinajstić information content (AvgIpc) is 3.90. The molecule has 0 aliphatic rings. The maximum Gasteiger partial charge on any atom is 0.160 e. The van der Waals surface area contributed by atoms with Crippen LogP contribution >= 0.6 is 0 Å². The first-order valence-corrected chi connectivity index (χ1v) is 21.8. The molecule has 3 heterocycles. The van der Waals surface area contributed by atoms with E-state index in [9.17, 15) is 0 Å². The molecule has 0 N–H and O–H groups in total. The standard InChI is InChI=1S/C60H38N4/c1-4-16-41(17-5-1)58-52-38-43(44-33-36-55-51(37-44)49-34-31-39-15-10-11-22-48(39)59(49)64(55)46-20-8-3-9-21-46)32-35-53(52)61-60(62-58)42-29-27-40(28-30-42)47-24-14-26-56-57(47)50-23-12-13-25-54(50)63(56)45-18-6-2-7-19-45/h1-38H. The van der Waals surface area contributed by atoms with Crippen LogP contribution in [-0.4, -0.2) is 19.1 Å². The van der Waals surface area contributed by atoms with Gasteiger partial charge in [0.05, 0.1) is 33.3 Å². The van der Waals surface area contributed by atoms with Gasteiger partial charge in [0.1, 0.15) is 0 Å². The van der Waals surface area contributed by atoms with Gasteiger partial charge in [0.15, 0.2) is 5.82 Å². The van der Waals surface area contributed by atoms with Gasteiger partial charge in [0, 0.05) is 54.8 Å². The SMILES string of the molecule is c1ccc(-c2nc(-c3ccc(-c4cccc5c4c4ccccc4n5-c4ccccc4)cc3)nc3ccc(-c4ccc5c(c4)c4ccc6ccccc6c4n5-c4ccccc4)cc23)cc1. The van der Waals surface area contributed by atoms with Crippen LogP contribution in [0.15, 0.2) is 231 Å². The van der Waals surface area contributed by atoms with Gasteiger partial charge >= 0.3 is 0 Å². The molecular formula is C60H38N4. The minimum absolute atomic E-state index is 0.701. The van der Waals surface area contributed by atoms with Crippen LogP contribution in [0.3, 0.4) is 0 Å². The lowest BCUT2D eigenvalue weighted by atomic mass is 9.97. The molecule has 4 nitrogen and oxygen atoms in total. The van der Waals surface area contributed by atoms with Gasteiger partial charge in [-0.2, -0.15) is 0 Å². The maximum atomic E-state index is 5.35. The fourth-order valence-electron chi connectivity index (χ4n) is 9.97. The van der Waals surface area contributed by atoms with Crippen LogP contribution in [0.2, 0.25) is 0 Å². The minimum atomic E-state index is 0.701. The summed E-state index contributed by atoms with van der Waals surface area (Å²) in [6.07, 6.45) is 0. The molecule has 0 atom stereocenters. The number of para-hydroxylation sites is 3. The second kappa shape index (κ2) is 14.5. The topological polar surface area (TPSA) is 35.6 Å². The van der Waals surface area contributed by atoms with Crippen LogP contribution in [0, 0.1) is 0 Å². The molecule has 0 aliphatic carbocycles. The van der Waals surface area contributed by atoms with Crippen LogP contribution in [-0.2, 0) is 0 Å². The number of nitrogens with zero attached hydrogens (tertiary/aromatic N) is 4. The van der Waals surface area contributed by atoms with Crippen LogP contribution in [0.4, 0.5) is 0 Å². The number of hydrogen-bond acceptors (Lipinski definition) is 2. The Morgan fingerprint density at radius 2 is 0.906 bits per heavy atom. The molecule has 0 fully saturated rings. The van der Waals surface area contributed by atoms with Crippen molar-refractivity contribution in [3.63, 3.8) is 0 Å². The number of benzene rings is 10. The third-order valence-corrected chi connectivity index (χ3v) is 12.9. The van der Waals surface area contributed by atoms with Gasteiger partial charge in [-0.05, 0) is 88.3 Å². The first-order chi connectivity index (χ1) is 31.7. The zero-order chi connectivity index (χ0) is 42.1. The molecular weight excluding hydrogens is 777 g/mol. The number of rotatable bonds is 6. The summed E-state index contributed by atoms with van der Waals surface area (Å²) in [5, 5.41) is 8.43. The molecule has 0 spiro atoms. The van der Waals surface area contributed by atoms with Gasteiger partial charge in [-0.15, -0.1) is 0 Å². The van der Waals surface area contributed by atoms with E-state index in [2.05, 4.69) is 240 Å². The predicted octanol–water partition coefficient (Wildman–Crippen LogP) is 15.6. The summed E-state index contributed by atoms with van der Waals surface area (Å²) < 4.78 is 4.78. The lowest BCUT2D eigenvalue weighted by Gasteiger charge is -2.12. The summed E-state index contributed by atoms with van der Waals surface area (Å²) in [5.74, 6) is 0.701. The Labute approximate surface area is 369 Å². The van der Waals surface area contributed by atoms with Crippen molar-refractivity contribution in [3.05, 3.63) is 231 Å². The Balaban J connectivity index is 0.929. The van der Waals surface area contributed by atoms with Crippen molar-refractivity contribution in [2.75, 3.05) is 0 Å². The fraction of sp³-hybridized carbons (Fsp3) is 0. The third kappa shape index (κ3) is 5.70. The second-order valence-corrected chi connectivity index (χ2v) is 16.5. The molecule has 0 unspecified atom stereocenters. The molecule has 4 heteroatoms. The van der Waals surface area contributed by atoms with Gasteiger partial charge < -0.3 is 9.13 Å². The molecule has 0 radical (unpaired) electrons. The van der Waals surface area contributed by atoms with E-state index in [-0.39, 0.29) is 0 Å². The van der Waals surface area contributed by atoms with Gasteiger partial charge in [-0.25, -0.2) is 9.97 Å². The number of hydrogen-bond donors (Lipinski definition) is 0. The molecule has 13 rings (SSSR count). The molecule has 0 amide bonds. The summed E-state index contributed by atoms with van der Waals surface area (Å²) in [6, 6.07) is 82.6. The Morgan fingerprint density at radius 3 is 1.69 bits per heavy atom. The average molecular weight is 815 g/mol. The Kier molecular flexibility index (Phi) is 8.18. The summed E-state index contributed by atoms with van der Waals surface area (Å²) >= 11 is 0. The molecule has 3 aromatic heterocycles. The molecule has 0 saturated carbocycles. The van der Waals surface area contributed by atoms with E-state index >= 15 is 0 Å². The van der Waals surface area contributed by atoms with E-state index in [0.717, 1.165) is 55.8 Å². The smallest absolute Gasteiger partial charge is 0.160 e. The van der Waals surface area contributed by atoms with Crippen LogP contribution in [0.5, 0.6) is 0 Å². The minimum Gasteiger partial charge on any atom is -0.309 e. The van der Waals surface area contributed by atoms with Crippen molar-refractivity contribution in [2.24, 2.45) is 0 Å². The summed E-state index contributed by atoms with van der Waals surface area (Å²) in [4.78, 5) is 10.6. The van der Waals surface area contributed by atoms with Crippen molar-refractivity contribution in [2.45, 2.75) is 0 Å². The second-order valence-electron chi connectivity index (χ2n) is 16.5. The molecule has 10 aromatic carbocycles. The van der Waals surface area contributed by atoms with Crippen molar-refractivity contribution >= 4 is 65.3 Å². The molecule has 0 bridgehead atoms. The number of aromatic nitrogens is 4. The van der Waals surface area contributed by atoms with E-state index < -0.39 is 0 Å². The van der Waals surface area contributed by atoms with Gasteiger partial charge in [0.2, 0.25) is 0 Å². The maximum absolute atomic E-state index is 5.35. The molecule has 13 aromatic rings. The highest BCUT2D eigenvalue weighted by molar-refractivity contribution is 6.19. The van der Waals surface area contributed by atoms with Crippen LogP contribution in [0.1, 0.15) is 0 Å². The van der Waals surface area contributed by atoms with Crippen molar-refractivity contribution < 1.29 is 0 Å². The van der Waals surface area contributed by atoms with Gasteiger partial charge in [0.25, 0.3) is 0 Å². The largest absolute Gasteiger partial charge is 0.309 e. The molecule has 298 valence electrons. The van der Waals surface area contributed by atoms with Gasteiger partial charge in [-0.1, -0.05) is 170 Å². The van der Waals surface area contributed by atoms with E-state index in [1.165, 1.54) is 59.9 Å². The van der Waals surface area contributed by atoms with Crippen molar-refractivity contribution in [1.82, 2.24) is 19.1 Å². The first-order valence-electron chi connectivity index (χ1n) is 21.8. The zero-order valence-electron chi connectivity index (χ0n) is 34.7. The van der Waals surface area contributed by atoms with E-state index in [1.54, 1.807) is 0 Å². The monoisotopic (exact) mass is 814 g/mol. The predicted molar refractivity (Wildman–Crippen MR) is 267 cm³/mol. The zero-order valence-corrected chi connectivity index (χ0v) is 34.7. The third-order valence-electron chi connectivity index (χ3n) is 12.9. The Hall–Kier alpha value is -8.60. The van der Waals surface area contributed by atoms with Gasteiger partial charge in [-0.3, -0.25) is 0 Å². The lowest BCUT2D eigenvalue weighted by molar-refractivity contribution is 1.18. The van der Waals surface area contributed by atoms with Crippen molar-refractivity contribution in [3.8, 4) is 56.3 Å². The Bertz CT molecular complexity index is 3920. The van der Waals surface area contributed by atoms with Crippen LogP contribution in [0.25, 0.3) is 122 Å². The van der Waals surface area contributed by atoms with E-state index in [0.29, 0.717) is 5.82 Å². The normalized spacial score (nSPS) is 11.8. The molecule has 64 heavy (non-hydrogen) atoms. The number of fused-ring (bicyclic) bond motifs is 9. The summed E-state index contributed by atoms with van der Waals surface area (Å²) in [6.45, 7) is 0. The quantitative estimate of drug-likeness (QED) is 0.168.